The highest BCUT2D eigenvalue weighted by Crippen LogP contribution is 2.46. The number of fused-ring (bicyclic) bond motifs is 2. The average molecular weight is 282 g/mol. The standard InChI is InChI=1S/C15H10N2O2S/c20-15-17-16-14(19-15)13-9-5-1-3-7-11(9)18-12-8-4-2-6-10(12)13/h1-8,13H,(H,17,20). The summed E-state index contributed by atoms with van der Waals surface area (Å²) < 4.78 is 11.5. The molecule has 0 fully saturated rings. The quantitative estimate of drug-likeness (QED) is 0.536. The zero-order chi connectivity index (χ0) is 13.5. The number of hydrogen-bond donors (Lipinski definition) is 1. The van der Waals surface area contributed by atoms with Gasteiger partial charge in [-0.2, -0.15) is 0 Å². The normalized spacial score (nSPS) is 13.4. The molecular formula is C15H10N2O2S. The minimum atomic E-state index is -0.107. The van der Waals surface area contributed by atoms with Gasteiger partial charge in [-0.3, -0.25) is 0 Å². The first-order chi connectivity index (χ1) is 9.83. The first-order valence-corrected chi connectivity index (χ1v) is 6.65. The highest BCUT2D eigenvalue weighted by atomic mass is 32.1. The molecule has 0 spiro atoms. The Labute approximate surface area is 120 Å². The Hall–Kier alpha value is -2.40. The van der Waals surface area contributed by atoms with Crippen molar-refractivity contribution in [2.75, 3.05) is 0 Å². The summed E-state index contributed by atoms with van der Waals surface area (Å²) in [4.78, 5) is 0.279. The van der Waals surface area contributed by atoms with Gasteiger partial charge in [-0.15, -0.1) is 5.10 Å². The van der Waals surface area contributed by atoms with Gasteiger partial charge in [-0.05, 0) is 24.4 Å². The molecule has 5 heteroatoms. The Kier molecular flexibility index (Phi) is 2.47. The van der Waals surface area contributed by atoms with Gasteiger partial charge in [0.1, 0.15) is 11.5 Å². The molecule has 0 radical (unpaired) electrons. The maximum atomic E-state index is 5.93. The number of nitrogens with one attached hydrogen (secondary N) is 1. The molecule has 1 aromatic heterocycles. The summed E-state index contributed by atoms with van der Waals surface area (Å²) in [7, 11) is 0. The SMILES string of the molecule is S=c1[nH]nc(C2c3ccccc3Oc3ccccc32)o1. The number of aromatic amines is 1. The van der Waals surface area contributed by atoms with Crippen LogP contribution in [-0.4, -0.2) is 10.2 Å². The second-order valence-corrected chi connectivity index (χ2v) is 4.93. The molecule has 98 valence electrons. The second kappa shape index (κ2) is 4.31. The average Bonchev–Trinajstić information content (AvgIpc) is 2.91. The van der Waals surface area contributed by atoms with Crippen LogP contribution in [0, 0.1) is 4.84 Å². The molecule has 20 heavy (non-hydrogen) atoms. The van der Waals surface area contributed by atoms with Crippen LogP contribution in [-0.2, 0) is 0 Å². The van der Waals surface area contributed by atoms with Crippen molar-refractivity contribution in [2.45, 2.75) is 5.92 Å². The third-order valence-corrected chi connectivity index (χ3v) is 3.56. The lowest BCUT2D eigenvalue weighted by atomic mass is 9.88. The van der Waals surface area contributed by atoms with Crippen LogP contribution in [0.2, 0.25) is 0 Å². The molecule has 2 aromatic carbocycles. The monoisotopic (exact) mass is 282 g/mol. The number of H-pyrrole nitrogens is 1. The number of rotatable bonds is 1. The van der Waals surface area contributed by atoms with E-state index in [1.54, 1.807) is 0 Å². The zero-order valence-corrected chi connectivity index (χ0v) is 11.2. The van der Waals surface area contributed by atoms with E-state index < -0.39 is 0 Å². The fourth-order valence-electron chi connectivity index (χ4n) is 2.54. The first-order valence-electron chi connectivity index (χ1n) is 6.24. The lowest BCUT2D eigenvalue weighted by Gasteiger charge is -2.25. The van der Waals surface area contributed by atoms with Crippen LogP contribution in [0.3, 0.4) is 0 Å². The molecule has 0 bridgehead atoms. The van der Waals surface area contributed by atoms with E-state index in [1.165, 1.54) is 0 Å². The van der Waals surface area contributed by atoms with Crippen molar-refractivity contribution in [3.05, 3.63) is 70.4 Å². The molecule has 0 saturated heterocycles. The van der Waals surface area contributed by atoms with Gasteiger partial charge in [-0.25, -0.2) is 5.10 Å². The smallest absolute Gasteiger partial charge is 0.284 e. The molecule has 0 atom stereocenters. The number of para-hydroxylation sites is 2. The topological polar surface area (TPSA) is 51.0 Å². The summed E-state index contributed by atoms with van der Waals surface area (Å²) in [5.41, 5.74) is 2.05. The molecule has 0 aliphatic carbocycles. The zero-order valence-electron chi connectivity index (χ0n) is 10.4. The fourth-order valence-corrected chi connectivity index (χ4v) is 2.67. The molecular weight excluding hydrogens is 272 g/mol. The molecule has 4 rings (SSSR count). The molecule has 0 amide bonds. The minimum Gasteiger partial charge on any atom is -0.457 e. The van der Waals surface area contributed by atoms with E-state index in [0.717, 1.165) is 22.6 Å². The largest absolute Gasteiger partial charge is 0.457 e. The van der Waals surface area contributed by atoms with Crippen LogP contribution in [0.15, 0.2) is 52.9 Å². The van der Waals surface area contributed by atoms with Gasteiger partial charge in [0.15, 0.2) is 0 Å². The van der Waals surface area contributed by atoms with Gasteiger partial charge in [0, 0.05) is 11.1 Å². The number of aromatic nitrogens is 2. The van der Waals surface area contributed by atoms with E-state index in [1.807, 2.05) is 48.5 Å². The van der Waals surface area contributed by atoms with Crippen molar-refractivity contribution < 1.29 is 9.15 Å². The van der Waals surface area contributed by atoms with E-state index in [2.05, 4.69) is 10.2 Å². The lowest BCUT2D eigenvalue weighted by Crippen LogP contribution is -2.11. The molecule has 3 aromatic rings. The fraction of sp³-hybridized carbons (Fsp3) is 0.0667. The summed E-state index contributed by atoms with van der Waals surface area (Å²) in [5, 5.41) is 6.87. The van der Waals surface area contributed by atoms with Crippen molar-refractivity contribution in [1.29, 1.82) is 0 Å². The molecule has 1 aliphatic rings. The predicted molar refractivity (Wildman–Crippen MR) is 75.6 cm³/mol. The summed E-state index contributed by atoms with van der Waals surface area (Å²) in [5.74, 6) is 2.09. The highest BCUT2D eigenvalue weighted by Gasteiger charge is 2.31. The number of hydrogen-bond acceptors (Lipinski definition) is 4. The third-order valence-electron chi connectivity index (χ3n) is 3.38. The maximum Gasteiger partial charge on any atom is 0.284 e. The predicted octanol–water partition coefficient (Wildman–Crippen LogP) is 4.02. The number of ether oxygens (including phenoxy) is 1. The van der Waals surface area contributed by atoms with E-state index in [-0.39, 0.29) is 10.8 Å². The van der Waals surface area contributed by atoms with E-state index >= 15 is 0 Å². The molecule has 2 heterocycles. The minimum absolute atomic E-state index is 0.107. The first kappa shape index (κ1) is 11.4. The van der Waals surface area contributed by atoms with E-state index in [4.69, 9.17) is 21.4 Å². The van der Waals surface area contributed by atoms with Gasteiger partial charge < -0.3 is 9.15 Å². The van der Waals surface area contributed by atoms with Crippen molar-refractivity contribution in [1.82, 2.24) is 10.2 Å². The second-order valence-electron chi connectivity index (χ2n) is 4.56. The summed E-state index contributed by atoms with van der Waals surface area (Å²) in [6.45, 7) is 0. The summed E-state index contributed by atoms with van der Waals surface area (Å²) >= 11 is 4.98. The Bertz CT molecular complexity index is 792. The van der Waals surface area contributed by atoms with Gasteiger partial charge in [0.2, 0.25) is 5.89 Å². The van der Waals surface area contributed by atoms with Crippen molar-refractivity contribution in [3.63, 3.8) is 0 Å². The number of benzene rings is 2. The molecule has 4 nitrogen and oxygen atoms in total. The summed E-state index contributed by atoms with van der Waals surface area (Å²) in [6.07, 6.45) is 0. The van der Waals surface area contributed by atoms with Gasteiger partial charge in [0.05, 0.1) is 5.92 Å². The van der Waals surface area contributed by atoms with Crippen molar-refractivity contribution in [3.8, 4) is 11.5 Å². The molecule has 1 aliphatic heterocycles. The molecule has 0 saturated carbocycles. The van der Waals surface area contributed by atoms with Gasteiger partial charge in [0.25, 0.3) is 4.84 Å². The van der Waals surface area contributed by atoms with Crippen LogP contribution in [0.4, 0.5) is 0 Å². The van der Waals surface area contributed by atoms with Crippen LogP contribution in [0.5, 0.6) is 11.5 Å². The summed E-state index contributed by atoms with van der Waals surface area (Å²) in [6, 6.07) is 15.8. The number of nitrogens with zero attached hydrogens (tertiary/aromatic N) is 1. The van der Waals surface area contributed by atoms with Gasteiger partial charge in [-0.1, -0.05) is 36.4 Å². The Morgan fingerprint density at radius 2 is 1.55 bits per heavy atom. The Balaban J connectivity index is 1.99. The van der Waals surface area contributed by atoms with E-state index in [9.17, 15) is 0 Å². The van der Waals surface area contributed by atoms with Crippen LogP contribution in [0.25, 0.3) is 0 Å². The molecule has 0 unspecified atom stereocenters. The van der Waals surface area contributed by atoms with Crippen LogP contribution < -0.4 is 4.74 Å². The highest BCUT2D eigenvalue weighted by molar-refractivity contribution is 7.71. The third kappa shape index (κ3) is 1.67. The van der Waals surface area contributed by atoms with Gasteiger partial charge >= 0.3 is 0 Å². The van der Waals surface area contributed by atoms with Crippen molar-refractivity contribution >= 4 is 12.2 Å². The Morgan fingerprint density at radius 3 is 2.10 bits per heavy atom. The van der Waals surface area contributed by atoms with Crippen LogP contribution in [0.1, 0.15) is 22.9 Å². The van der Waals surface area contributed by atoms with Crippen LogP contribution >= 0.6 is 12.2 Å². The molecule has 1 N–H and O–H groups in total. The van der Waals surface area contributed by atoms with Crippen molar-refractivity contribution in [2.24, 2.45) is 0 Å². The maximum absolute atomic E-state index is 5.93. The Morgan fingerprint density at radius 1 is 0.950 bits per heavy atom. The van der Waals surface area contributed by atoms with E-state index in [0.29, 0.717) is 5.89 Å². The lowest BCUT2D eigenvalue weighted by molar-refractivity contribution is 0.423.